The van der Waals surface area contributed by atoms with Gasteiger partial charge in [0.25, 0.3) is 0 Å². The average Bonchev–Trinajstić information content (AvgIpc) is 2.59. The number of amides is 1. The average molecular weight is 419 g/mol. The van der Waals surface area contributed by atoms with Crippen LogP contribution in [0.4, 0.5) is 11.4 Å². The quantitative estimate of drug-likeness (QED) is 0.697. The third-order valence-corrected chi connectivity index (χ3v) is 5.34. The summed E-state index contributed by atoms with van der Waals surface area (Å²) in [4.78, 5) is 24.5. The zero-order valence-electron chi connectivity index (χ0n) is 17.3. The molecule has 0 saturated heterocycles. The molecule has 0 aromatic heterocycles. The summed E-state index contributed by atoms with van der Waals surface area (Å²) in [5, 5.41) is 2.65. The Morgan fingerprint density at radius 3 is 2.24 bits per heavy atom. The molecule has 2 aromatic rings. The fraction of sp³-hybridized carbons (Fsp3) is 0.333. The molecule has 0 saturated carbocycles. The fourth-order valence-corrected chi connectivity index (χ4v) is 4.17. The van der Waals surface area contributed by atoms with E-state index in [0.717, 1.165) is 27.3 Å². The molecule has 0 atom stereocenters. The smallest absolute Gasteiger partial charge is 0.338 e. The highest BCUT2D eigenvalue weighted by atomic mass is 32.2. The van der Waals surface area contributed by atoms with Crippen LogP contribution in [-0.4, -0.2) is 39.7 Å². The molecule has 0 fully saturated rings. The van der Waals surface area contributed by atoms with E-state index in [-0.39, 0.29) is 13.2 Å². The van der Waals surface area contributed by atoms with Crippen LogP contribution in [0.3, 0.4) is 0 Å². The van der Waals surface area contributed by atoms with E-state index in [4.69, 9.17) is 4.74 Å². The van der Waals surface area contributed by atoms with Crippen LogP contribution in [0, 0.1) is 20.8 Å². The van der Waals surface area contributed by atoms with Crippen LogP contribution in [0.25, 0.3) is 0 Å². The van der Waals surface area contributed by atoms with Gasteiger partial charge in [-0.2, -0.15) is 0 Å². The maximum Gasteiger partial charge on any atom is 0.338 e. The van der Waals surface area contributed by atoms with E-state index in [9.17, 15) is 18.0 Å². The molecule has 0 aliphatic rings. The fourth-order valence-electron chi connectivity index (χ4n) is 3.20. The lowest BCUT2D eigenvalue weighted by Gasteiger charge is -2.26. The number of rotatable bonds is 7. The minimum atomic E-state index is -3.69. The van der Waals surface area contributed by atoms with Crippen LogP contribution < -0.4 is 9.62 Å². The van der Waals surface area contributed by atoms with Crippen molar-refractivity contribution in [1.29, 1.82) is 0 Å². The standard InChI is InChI=1S/C21H26N2O5S/c1-6-28-21(25)17-8-7-9-18(12-17)22-19(24)13-23(29(5,26)27)20-15(3)10-14(2)11-16(20)4/h7-12H,6,13H2,1-5H3,(H,22,24). The summed E-state index contributed by atoms with van der Waals surface area (Å²) in [7, 11) is -3.69. The minimum absolute atomic E-state index is 0.244. The highest BCUT2D eigenvalue weighted by Gasteiger charge is 2.24. The molecule has 0 bridgehead atoms. The van der Waals surface area contributed by atoms with Gasteiger partial charge in [0, 0.05) is 5.69 Å². The number of anilines is 2. The van der Waals surface area contributed by atoms with E-state index < -0.39 is 21.9 Å². The lowest BCUT2D eigenvalue weighted by atomic mass is 10.1. The molecule has 0 aliphatic carbocycles. The van der Waals surface area contributed by atoms with Gasteiger partial charge in [0.2, 0.25) is 15.9 Å². The molecule has 0 unspecified atom stereocenters. The number of nitrogens with zero attached hydrogens (tertiary/aromatic N) is 1. The minimum Gasteiger partial charge on any atom is -0.462 e. The van der Waals surface area contributed by atoms with Crippen molar-refractivity contribution < 1.29 is 22.7 Å². The Labute approximate surface area is 171 Å². The molecule has 1 amide bonds. The lowest BCUT2D eigenvalue weighted by Crippen LogP contribution is -2.38. The number of ether oxygens (including phenoxy) is 1. The predicted molar refractivity (Wildman–Crippen MR) is 114 cm³/mol. The van der Waals surface area contributed by atoms with Crippen LogP contribution in [0.15, 0.2) is 36.4 Å². The summed E-state index contributed by atoms with van der Waals surface area (Å²) in [6.45, 7) is 7.12. The summed E-state index contributed by atoms with van der Waals surface area (Å²) in [5.41, 5.74) is 3.72. The van der Waals surface area contributed by atoms with Crippen molar-refractivity contribution in [3.63, 3.8) is 0 Å². The Hall–Kier alpha value is -2.87. The van der Waals surface area contributed by atoms with E-state index in [2.05, 4.69) is 5.32 Å². The zero-order chi connectivity index (χ0) is 21.8. The van der Waals surface area contributed by atoms with Crippen molar-refractivity contribution in [3.8, 4) is 0 Å². The maximum absolute atomic E-state index is 12.6. The molecule has 8 heteroatoms. The second-order valence-electron chi connectivity index (χ2n) is 6.87. The molecule has 7 nitrogen and oxygen atoms in total. The summed E-state index contributed by atoms with van der Waals surface area (Å²) in [6, 6.07) is 10.1. The van der Waals surface area contributed by atoms with Gasteiger partial charge in [0.05, 0.1) is 24.1 Å². The first-order valence-electron chi connectivity index (χ1n) is 9.15. The van der Waals surface area contributed by atoms with E-state index in [0.29, 0.717) is 16.9 Å². The first-order valence-corrected chi connectivity index (χ1v) is 11.0. The van der Waals surface area contributed by atoms with Gasteiger partial charge in [-0.3, -0.25) is 9.10 Å². The van der Waals surface area contributed by atoms with Crippen LogP contribution in [-0.2, 0) is 19.6 Å². The van der Waals surface area contributed by atoms with Crippen molar-refractivity contribution in [2.75, 3.05) is 29.0 Å². The summed E-state index contributed by atoms with van der Waals surface area (Å²) in [5.74, 6) is -1.01. The normalized spacial score (nSPS) is 11.1. The molecule has 1 N–H and O–H groups in total. The second kappa shape index (κ2) is 9.09. The monoisotopic (exact) mass is 418 g/mol. The molecule has 156 valence electrons. The third-order valence-electron chi connectivity index (χ3n) is 4.23. The molecule has 2 aromatic carbocycles. The summed E-state index contributed by atoms with van der Waals surface area (Å²) >= 11 is 0. The van der Waals surface area contributed by atoms with Crippen molar-refractivity contribution in [2.45, 2.75) is 27.7 Å². The van der Waals surface area contributed by atoms with E-state index in [1.807, 2.05) is 32.9 Å². The number of benzene rings is 2. The van der Waals surface area contributed by atoms with Crippen LogP contribution in [0.2, 0.25) is 0 Å². The van der Waals surface area contributed by atoms with Crippen molar-refractivity contribution in [2.24, 2.45) is 0 Å². The topological polar surface area (TPSA) is 92.8 Å². The Kier molecular flexibility index (Phi) is 7.02. The van der Waals surface area contributed by atoms with Crippen molar-refractivity contribution in [3.05, 3.63) is 58.7 Å². The van der Waals surface area contributed by atoms with E-state index >= 15 is 0 Å². The van der Waals surface area contributed by atoms with Crippen molar-refractivity contribution >= 4 is 33.3 Å². The highest BCUT2D eigenvalue weighted by molar-refractivity contribution is 7.92. The third kappa shape index (κ3) is 5.80. The largest absolute Gasteiger partial charge is 0.462 e. The number of carbonyl (C=O) groups is 2. The first-order chi connectivity index (χ1) is 13.5. The molecule has 0 radical (unpaired) electrons. The van der Waals surface area contributed by atoms with Gasteiger partial charge in [-0.25, -0.2) is 13.2 Å². The van der Waals surface area contributed by atoms with Gasteiger partial charge in [-0.05, 0) is 57.0 Å². The molecular weight excluding hydrogens is 392 g/mol. The Balaban J connectivity index is 2.27. The van der Waals surface area contributed by atoms with Gasteiger partial charge in [-0.1, -0.05) is 23.8 Å². The van der Waals surface area contributed by atoms with Crippen LogP contribution >= 0.6 is 0 Å². The second-order valence-corrected chi connectivity index (χ2v) is 8.77. The number of hydrogen-bond acceptors (Lipinski definition) is 5. The van der Waals surface area contributed by atoms with Gasteiger partial charge in [-0.15, -0.1) is 0 Å². The maximum atomic E-state index is 12.6. The molecule has 2 rings (SSSR count). The number of hydrogen-bond donors (Lipinski definition) is 1. The van der Waals surface area contributed by atoms with Gasteiger partial charge < -0.3 is 10.1 Å². The van der Waals surface area contributed by atoms with Crippen molar-refractivity contribution in [1.82, 2.24) is 0 Å². The number of carbonyl (C=O) groups excluding carboxylic acids is 2. The highest BCUT2D eigenvalue weighted by Crippen LogP contribution is 2.28. The van der Waals surface area contributed by atoms with Crippen LogP contribution in [0.1, 0.15) is 34.0 Å². The van der Waals surface area contributed by atoms with Gasteiger partial charge in [0.1, 0.15) is 6.54 Å². The number of nitrogens with one attached hydrogen (secondary N) is 1. The molecular formula is C21H26N2O5S. The number of sulfonamides is 1. The number of esters is 1. The Morgan fingerprint density at radius 1 is 1.07 bits per heavy atom. The van der Waals surface area contributed by atoms with E-state index in [1.165, 1.54) is 6.07 Å². The first kappa shape index (κ1) is 22.4. The van der Waals surface area contributed by atoms with Gasteiger partial charge in [0.15, 0.2) is 0 Å². The molecule has 29 heavy (non-hydrogen) atoms. The summed E-state index contributed by atoms with van der Waals surface area (Å²) in [6.07, 6.45) is 1.07. The SMILES string of the molecule is CCOC(=O)c1cccc(NC(=O)CN(c2c(C)cc(C)cc2C)S(C)(=O)=O)c1. The Bertz CT molecular complexity index is 1010. The molecule has 0 aliphatic heterocycles. The lowest BCUT2D eigenvalue weighted by molar-refractivity contribution is -0.114. The molecule has 0 heterocycles. The number of aryl methyl sites for hydroxylation is 3. The summed E-state index contributed by atoms with van der Waals surface area (Å²) < 4.78 is 30.9. The zero-order valence-corrected chi connectivity index (χ0v) is 18.1. The molecule has 0 spiro atoms. The predicted octanol–water partition coefficient (Wildman–Crippen LogP) is 3.19. The Morgan fingerprint density at radius 2 is 1.69 bits per heavy atom. The van der Waals surface area contributed by atoms with Gasteiger partial charge >= 0.3 is 5.97 Å². The van der Waals surface area contributed by atoms with E-state index in [1.54, 1.807) is 25.1 Å². The van der Waals surface area contributed by atoms with Crippen LogP contribution in [0.5, 0.6) is 0 Å².